The number of carbonyl (C=O) groups is 2. The summed E-state index contributed by atoms with van der Waals surface area (Å²) in [6.07, 6.45) is 0.490. The minimum Gasteiger partial charge on any atom is -0.479 e. The zero-order valence-corrected chi connectivity index (χ0v) is 11.2. The van der Waals surface area contributed by atoms with Crippen molar-refractivity contribution in [2.45, 2.75) is 25.0 Å². The number of rotatable bonds is 3. The van der Waals surface area contributed by atoms with Crippen LogP contribution in [-0.2, 0) is 4.79 Å². The fourth-order valence-electron chi connectivity index (χ4n) is 2.27. The number of β-amino-alcohol motifs (C(OH)–C–C–N with tert-alkyl or cyclic N) is 1. The standard InChI is InChI=1S/C14H18N2O4/c1-14(20)7-8-16(9-14)13(19)15-11(12(17)18)10-5-3-2-4-6-10/h2-6,11,20H,7-9H2,1H3,(H,15,19)(H,17,18). The van der Waals surface area contributed by atoms with Crippen molar-refractivity contribution in [3.63, 3.8) is 0 Å². The van der Waals surface area contributed by atoms with Crippen LogP contribution in [0, 0.1) is 0 Å². The van der Waals surface area contributed by atoms with Crippen LogP contribution < -0.4 is 5.32 Å². The van der Waals surface area contributed by atoms with Gasteiger partial charge >= 0.3 is 12.0 Å². The minimum atomic E-state index is -1.12. The summed E-state index contributed by atoms with van der Waals surface area (Å²) < 4.78 is 0. The van der Waals surface area contributed by atoms with Gasteiger partial charge in [0, 0.05) is 6.54 Å². The lowest BCUT2D eigenvalue weighted by atomic mass is 10.1. The third-order valence-electron chi connectivity index (χ3n) is 3.39. The molecule has 2 unspecified atom stereocenters. The van der Waals surface area contributed by atoms with Crippen LogP contribution in [0.15, 0.2) is 30.3 Å². The van der Waals surface area contributed by atoms with Crippen LogP contribution in [0.5, 0.6) is 0 Å². The number of carboxylic acids is 1. The average molecular weight is 278 g/mol. The molecule has 1 saturated heterocycles. The molecule has 2 amide bonds. The summed E-state index contributed by atoms with van der Waals surface area (Å²) in [5, 5.41) is 21.6. The SMILES string of the molecule is CC1(O)CCN(C(=O)NC(C(=O)O)c2ccccc2)C1. The summed E-state index contributed by atoms with van der Waals surface area (Å²) in [6, 6.07) is 6.96. The molecule has 6 heteroatoms. The maximum Gasteiger partial charge on any atom is 0.330 e. The normalized spacial score (nSPS) is 23.4. The Bertz CT molecular complexity index is 501. The Morgan fingerprint density at radius 1 is 1.35 bits per heavy atom. The fourth-order valence-corrected chi connectivity index (χ4v) is 2.27. The second-order valence-corrected chi connectivity index (χ2v) is 5.30. The number of hydrogen-bond donors (Lipinski definition) is 3. The highest BCUT2D eigenvalue weighted by molar-refractivity contribution is 5.83. The van der Waals surface area contributed by atoms with E-state index in [1.807, 2.05) is 0 Å². The molecule has 1 aliphatic heterocycles. The van der Waals surface area contributed by atoms with Gasteiger partial charge < -0.3 is 20.4 Å². The van der Waals surface area contributed by atoms with Gasteiger partial charge in [-0.15, -0.1) is 0 Å². The van der Waals surface area contributed by atoms with Crippen LogP contribution in [0.1, 0.15) is 24.9 Å². The molecule has 0 aromatic heterocycles. The third kappa shape index (κ3) is 3.27. The lowest BCUT2D eigenvalue weighted by Gasteiger charge is -2.22. The Kier molecular flexibility index (Phi) is 3.94. The van der Waals surface area contributed by atoms with E-state index in [1.165, 1.54) is 4.90 Å². The second-order valence-electron chi connectivity index (χ2n) is 5.30. The minimum absolute atomic E-state index is 0.208. The molecule has 0 radical (unpaired) electrons. The molecule has 20 heavy (non-hydrogen) atoms. The molecule has 1 aliphatic rings. The van der Waals surface area contributed by atoms with E-state index in [1.54, 1.807) is 37.3 Å². The number of likely N-dealkylation sites (tertiary alicyclic amines) is 1. The van der Waals surface area contributed by atoms with Crippen molar-refractivity contribution < 1.29 is 19.8 Å². The van der Waals surface area contributed by atoms with Crippen molar-refractivity contribution in [2.24, 2.45) is 0 Å². The molecule has 108 valence electrons. The number of carbonyl (C=O) groups excluding carboxylic acids is 1. The van der Waals surface area contributed by atoms with Crippen molar-refractivity contribution in [3.8, 4) is 0 Å². The summed E-state index contributed by atoms with van der Waals surface area (Å²) in [7, 11) is 0. The number of hydrogen-bond acceptors (Lipinski definition) is 3. The molecular weight excluding hydrogens is 260 g/mol. The molecule has 2 rings (SSSR count). The summed E-state index contributed by atoms with van der Waals surface area (Å²) in [5.41, 5.74) is -0.387. The van der Waals surface area contributed by atoms with Crippen LogP contribution in [0.3, 0.4) is 0 Å². The molecule has 2 atom stereocenters. The molecular formula is C14H18N2O4. The average Bonchev–Trinajstić information content (AvgIpc) is 2.77. The lowest BCUT2D eigenvalue weighted by molar-refractivity contribution is -0.139. The quantitative estimate of drug-likeness (QED) is 0.768. The van der Waals surface area contributed by atoms with E-state index < -0.39 is 23.6 Å². The van der Waals surface area contributed by atoms with Crippen molar-refractivity contribution >= 4 is 12.0 Å². The monoisotopic (exact) mass is 278 g/mol. The van der Waals surface area contributed by atoms with E-state index in [9.17, 15) is 19.8 Å². The van der Waals surface area contributed by atoms with Crippen molar-refractivity contribution in [3.05, 3.63) is 35.9 Å². The predicted molar refractivity (Wildman–Crippen MR) is 72.2 cm³/mol. The topological polar surface area (TPSA) is 89.9 Å². The van der Waals surface area contributed by atoms with Gasteiger partial charge in [0.2, 0.25) is 0 Å². The van der Waals surface area contributed by atoms with Gasteiger partial charge in [0.05, 0.1) is 12.1 Å². The van der Waals surface area contributed by atoms with Gasteiger partial charge in [-0.3, -0.25) is 0 Å². The van der Waals surface area contributed by atoms with E-state index in [2.05, 4.69) is 5.32 Å². The van der Waals surface area contributed by atoms with E-state index in [4.69, 9.17) is 0 Å². The van der Waals surface area contributed by atoms with Gasteiger partial charge in [-0.1, -0.05) is 30.3 Å². The summed E-state index contributed by atoms with van der Waals surface area (Å²) >= 11 is 0. The first-order valence-electron chi connectivity index (χ1n) is 6.45. The number of urea groups is 1. The van der Waals surface area contributed by atoms with Gasteiger partial charge in [0.15, 0.2) is 6.04 Å². The summed E-state index contributed by atoms with van der Waals surface area (Å²) in [5.74, 6) is -1.12. The molecule has 3 N–H and O–H groups in total. The lowest BCUT2D eigenvalue weighted by Crippen LogP contribution is -2.44. The molecule has 1 heterocycles. The van der Waals surface area contributed by atoms with Crippen LogP contribution in [0.25, 0.3) is 0 Å². The van der Waals surface area contributed by atoms with Crippen LogP contribution in [-0.4, -0.2) is 45.8 Å². The van der Waals surface area contributed by atoms with Gasteiger partial charge in [-0.05, 0) is 18.9 Å². The molecule has 1 aromatic carbocycles. The number of nitrogens with zero attached hydrogens (tertiary/aromatic N) is 1. The highest BCUT2D eigenvalue weighted by Crippen LogP contribution is 2.21. The second kappa shape index (κ2) is 5.50. The van der Waals surface area contributed by atoms with Gasteiger partial charge in [-0.2, -0.15) is 0 Å². The number of amides is 2. The summed E-state index contributed by atoms with van der Waals surface area (Å²) in [6.45, 7) is 2.28. The van der Waals surface area contributed by atoms with Gasteiger partial charge in [0.1, 0.15) is 0 Å². The first-order chi connectivity index (χ1) is 9.39. The van der Waals surface area contributed by atoms with E-state index in [-0.39, 0.29) is 6.54 Å². The zero-order chi connectivity index (χ0) is 14.8. The molecule has 0 saturated carbocycles. The van der Waals surface area contributed by atoms with Crippen molar-refractivity contribution in [1.29, 1.82) is 0 Å². The first-order valence-corrected chi connectivity index (χ1v) is 6.45. The van der Waals surface area contributed by atoms with Crippen LogP contribution in [0.4, 0.5) is 4.79 Å². The largest absolute Gasteiger partial charge is 0.479 e. The number of aliphatic carboxylic acids is 1. The smallest absolute Gasteiger partial charge is 0.330 e. The highest BCUT2D eigenvalue weighted by atomic mass is 16.4. The zero-order valence-electron chi connectivity index (χ0n) is 11.2. The Hall–Kier alpha value is -2.08. The molecule has 1 fully saturated rings. The van der Waals surface area contributed by atoms with Crippen LogP contribution >= 0.6 is 0 Å². The van der Waals surface area contributed by atoms with E-state index in [0.29, 0.717) is 18.5 Å². The Labute approximate surface area is 117 Å². The third-order valence-corrected chi connectivity index (χ3v) is 3.39. The number of carboxylic acid groups (broad SMARTS) is 1. The van der Waals surface area contributed by atoms with Gasteiger partial charge in [-0.25, -0.2) is 9.59 Å². The highest BCUT2D eigenvalue weighted by Gasteiger charge is 2.35. The molecule has 1 aromatic rings. The predicted octanol–water partition coefficient (Wildman–Crippen LogP) is 0.979. The van der Waals surface area contributed by atoms with Crippen LogP contribution in [0.2, 0.25) is 0 Å². The maximum atomic E-state index is 12.1. The number of aliphatic hydroxyl groups is 1. The molecule has 0 aliphatic carbocycles. The Balaban J connectivity index is 2.06. The Morgan fingerprint density at radius 3 is 2.50 bits per heavy atom. The van der Waals surface area contributed by atoms with Crippen molar-refractivity contribution in [2.75, 3.05) is 13.1 Å². The van der Waals surface area contributed by atoms with Gasteiger partial charge in [0.25, 0.3) is 0 Å². The fraction of sp³-hybridized carbons (Fsp3) is 0.429. The van der Waals surface area contributed by atoms with E-state index >= 15 is 0 Å². The van der Waals surface area contributed by atoms with Crippen molar-refractivity contribution in [1.82, 2.24) is 10.2 Å². The Morgan fingerprint density at radius 2 is 2.00 bits per heavy atom. The maximum absolute atomic E-state index is 12.1. The number of benzene rings is 1. The first kappa shape index (κ1) is 14.3. The number of nitrogens with one attached hydrogen (secondary N) is 1. The summed E-state index contributed by atoms with van der Waals surface area (Å²) in [4.78, 5) is 24.8. The van der Waals surface area contributed by atoms with E-state index in [0.717, 1.165) is 0 Å². The molecule has 0 spiro atoms. The molecule has 0 bridgehead atoms. The molecule has 6 nitrogen and oxygen atoms in total.